The Morgan fingerprint density at radius 1 is 1.08 bits per heavy atom. The zero-order valence-electron chi connectivity index (χ0n) is 9.27. The second kappa shape index (κ2) is 7.85. The molecule has 0 amide bonds. The first-order chi connectivity index (χ1) is 6.38. The Morgan fingerprint density at radius 3 is 2.08 bits per heavy atom. The van der Waals surface area contributed by atoms with E-state index in [9.17, 15) is 0 Å². The molecule has 13 heavy (non-hydrogen) atoms. The number of rotatable bonds is 1. The van der Waals surface area contributed by atoms with Gasteiger partial charge in [0.2, 0.25) is 0 Å². The van der Waals surface area contributed by atoms with Crippen molar-refractivity contribution in [2.75, 3.05) is 0 Å². The van der Waals surface area contributed by atoms with Gasteiger partial charge in [0.05, 0.1) is 0 Å². The summed E-state index contributed by atoms with van der Waals surface area (Å²) in [4.78, 5) is 0. The second-order valence-corrected chi connectivity index (χ2v) is 2.95. The lowest BCUT2D eigenvalue weighted by molar-refractivity contribution is 0.678. The summed E-state index contributed by atoms with van der Waals surface area (Å²) in [5, 5.41) is 0. The average molecular weight is 178 g/mol. The van der Waals surface area contributed by atoms with Crippen molar-refractivity contribution in [3.05, 3.63) is 36.0 Å². The molecule has 0 nitrogen and oxygen atoms in total. The molecule has 0 saturated heterocycles. The van der Waals surface area contributed by atoms with Crippen LogP contribution in [0.15, 0.2) is 36.0 Å². The van der Waals surface area contributed by atoms with Crippen molar-refractivity contribution in [2.45, 2.75) is 46.5 Å². The average Bonchev–Trinajstić information content (AvgIpc) is 2.22. The molecular weight excluding hydrogens is 156 g/mol. The van der Waals surface area contributed by atoms with Gasteiger partial charge in [-0.15, -0.1) is 0 Å². The van der Waals surface area contributed by atoms with Crippen molar-refractivity contribution in [3.63, 3.8) is 0 Å². The van der Waals surface area contributed by atoms with Gasteiger partial charge in [-0.3, -0.25) is 0 Å². The Hall–Kier alpha value is -0.780. The Labute approximate surface area is 83.0 Å². The smallest absolute Gasteiger partial charge is 0.0276 e. The van der Waals surface area contributed by atoms with Crippen molar-refractivity contribution in [1.82, 2.24) is 0 Å². The highest BCUT2D eigenvalue weighted by molar-refractivity contribution is 5.34. The van der Waals surface area contributed by atoms with Crippen LogP contribution < -0.4 is 0 Å². The van der Waals surface area contributed by atoms with Crippen LogP contribution in [0.5, 0.6) is 0 Å². The van der Waals surface area contributed by atoms with E-state index in [4.69, 9.17) is 0 Å². The summed E-state index contributed by atoms with van der Waals surface area (Å²) in [6.07, 6.45) is 11.5. The summed E-state index contributed by atoms with van der Waals surface area (Å²) in [5.41, 5.74) is 3.02. The van der Waals surface area contributed by atoms with Crippen LogP contribution in [0.4, 0.5) is 0 Å². The molecule has 0 heteroatoms. The maximum Gasteiger partial charge on any atom is -0.0276 e. The minimum absolute atomic E-state index is 1.24. The summed E-state index contributed by atoms with van der Waals surface area (Å²) in [7, 11) is 0. The van der Waals surface area contributed by atoms with Gasteiger partial charge < -0.3 is 0 Å². The van der Waals surface area contributed by atoms with E-state index in [0.29, 0.717) is 0 Å². The van der Waals surface area contributed by atoms with Gasteiger partial charge in [0.15, 0.2) is 0 Å². The lowest BCUT2D eigenvalue weighted by Gasteiger charge is -2.16. The highest BCUT2D eigenvalue weighted by atomic mass is 14.1. The minimum Gasteiger partial charge on any atom is -0.0991 e. The van der Waals surface area contributed by atoms with Gasteiger partial charge in [-0.2, -0.15) is 0 Å². The van der Waals surface area contributed by atoms with Crippen LogP contribution in [-0.2, 0) is 0 Å². The lowest BCUT2D eigenvalue weighted by Crippen LogP contribution is -1.97. The lowest BCUT2D eigenvalue weighted by atomic mass is 9.89. The largest absolute Gasteiger partial charge is 0.0991 e. The zero-order valence-corrected chi connectivity index (χ0v) is 9.27. The Morgan fingerprint density at radius 2 is 1.62 bits per heavy atom. The van der Waals surface area contributed by atoms with Gasteiger partial charge in [-0.1, -0.05) is 38.7 Å². The van der Waals surface area contributed by atoms with Crippen LogP contribution in [0.3, 0.4) is 0 Å². The molecule has 74 valence electrons. The van der Waals surface area contributed by atoms with Gasteiger partial charge in [0.1, 0.15) is 0 Å². The van der Waals surface area contributed by atoms with Crippen molar-refractivity contribution in [1.29, 1.82) is 0 Å². The van der Waals surface area contributed by atoms with Crippen LogP contribution in [0, 0.1) is 0 Å². The Balaban J connectivity index is 0.000000671. The first kappa shape index (κ1) is 12.2. The first-order valence-corrected chi connectivity index (χ1v) is 5.35. The van der Waals surface area contributed by atoms with Crippen LogP contribution in [0.1, 0.15) is 46.5 Å². The van der Waals surface area contributed by atoms with Crippen molar-refractivity contribution in [2.24, 2.45) is 0 Å². The minimum atomic E-state index is 1.24. The maximum absolute atomic E-state index is 3.72. The molecule has 0 aromatic heterocycles. The van der Waals surface area contributed by atoms with Crippen molar-refractivity contribution in [3.8, 4) is 0 Å². The summed E-state index contributed by atoms with van der Waals surface area (Å²) in [5.74, 6) is 0. The highest BCUT2D eigenvalue weighted by Gasteiger charge is 2.08. The topological polar surface area (TPSA) is 0 Å². The zero-order chi connectivity index (χ0) is 10.1. The SMILES string of the molecule is C=C/C=C1/CCCC/C1=C/C.CC. The van der Waals surface area contributed by atoms with Crippen LogP contribution in [0.25, 0.3) is 0 Å². The molecular formula is C13H22. The molecule has 0 heterocycles. The maximum atomic E-state index is 3.72. The van der Waals surface area contributed by atoms with Crippen LogP contribution >= 0.6 is 0 Å². The molecule has 0 radical (unpaired) electrons. The summed E-state index contributed by atoms with van der Waals surface area (Å²) in [6, 6.07) is 0. The molecule has 0 spiro atoms. The summed E-state index contributed by atoms with van der Waals surface area (Å²) in [6.45, 7) is 9.84. The third-order valence-electron chi connectivity index (χ3n) is 2.22. The van der Waals surface area contributed by atoms with Gasteiger partial charge in [0.25, 0.3) is 0 Å². The third kappa shape index (κ3) is 4.12. The fourth-order valence-electron chi connectivity index (χ4n) is 1.61. The van der Waals surface area contributed by atoms with Crippen LogP contribution in [0.2, 0.25) is 0 Å². The van der Waals surface area contributed by atoms with E-state index in [1.165, 1.54) is 36.8 Å². The molecule has 1 fully saturated rings. The normalized spacial score (nSPS) is 22.4. The third-order valence-corrected chi connectivity index (χ3v) is 2.22. The van der Waals surface area contributed by atoms with Crippen molar-refractivity contribution < 1.29 is 0 Å². The molecule has 1 aliphatic rings. The molecule has 0 aliphatic heterocycles. The molecule has 0 aromatic rings. The highest BCUT2D eigenvalue weighted by Crippen LogP contribution is 2.28. The molecule has 0 unspecified atom stereocenters. The molecule has 1 rings (SSSR count). The molecule has 0 bridgehead atoms. The summed E-state index contributed by atoms with van der Waals surface area (Å²) >= 11 is 0. The fourth-order valence-corrected chi connectivity index (χ4v) is 1.61. The quantitative estimate of drug-likeness (QED) is 0.548. The van der Waals surface area contributed by atoms with E-state index in [0.717, 1.165) is 0 Å². The fraction of sp³-hybridized carbons (Fsp3) is 0.538. The van der Waals surface area contributed by atoms with Gasteiger partial charge >= 0.3 is 0 Å². The molecule has 0 N–H and O–H groups in total. The summed E-state index contributed by atoms with van der Waals surface area (Å²) < 4.78 is 0. The van der Waals surface area contributed by atoms with E-state index >= 15 is 0 Å². The van der Waals surface area contributed by atoms with E-state index in [1.807, 2.05) is 19.9 Å². The van der Waals surface area contributed by atoms with Gasteiger partial charge in [0, 0.05) is 0 Å². The predicted octanol–water partition coefficient (Wildman–Crippen LogP) is 4.65. The van der Waals surface area contributed by atoms with E-state index in [1.54, 1.807) is 0 Å². The second-order valence-electron chi connectivity index (χ2n) is 2.95. The first-order valence-electron chi connectivity index (χ1n) is 5.35. The van der Waals surface area contributed by atoms with E-state index in [-0.39, 0.29) is 0 Å². The standard InChI is InChI=1S/C11H16.C2H6/c1-3-7-11-9-6-5-8-10(11)4-2;1-2/h3-4,7H,1,5-6,8-9H2,2H3;1-2H3/b10-4-,11-7-;. The van der Waals surface area contributed by atoms with E-state index in [2.05, 4.69) is 25.7 Å². The number of allylic oxidation sites excluding steroid dienone is 5. The van der Waals surface area contributed by atoms with E-state index < -0.39 is 0 Å². The number of hydrogen-bond acceptors (Lipinski definition) is 0. The monoisotopic (exact) mass is 178 g/mol. The van der Waals surface area contributed by atoms with Gasteiger partial charge in [-0.25, -0.2) is 0 Å². The Bertz CT molecular complexity index is 194. The molecule has 0 atom stereocenters. The number of hydrogen-bond donors (Lipinski definition) is 0. The predicted molar refractivity (Wildman–Crippen MR) is 61.9 cm³/mol. The molecule has 1 aliphatic carbocycles. The van der Waals surface area contributed by atoms with Crippen molar-refractivity contribution >= 4 is 0 Å². The van der Waals surface area contributed by atoms with Crippen LogP contribution in [-0.4, -0.2) is 0 Å². The molecule has 0 aromatic carbocycles. The van der Waals surface area contributed by atoms with Gasteiger partial charge in [-0.05, 0) is 43.8 Å². The molecule has 1 saturated carbocycles. The Kier molecular flexibility index (Phi) is 7.38.